The number of hydrogen-bond donors (Lipinski definition) is 1. The van der Waals surface area contributed by atoms with Gasteiger partial charge in [0.05, 0.1) is 6.21 Å². The Balaban J connectivity index is 1.42. The molecule has 4 rings (SSSR count). The van der Waals surface area contributed by atoms with Gasteiger partial charge in [-0.25, -0.2) is 5.43 Å². The number of benzene rings is 3. The van der Waals surface area contributed by atoms with Crippen molar-refractivity contribution in [3.05, 3.63) is 94.7 Å². The number of ether oxygens (including phenoxy) is 1. The molecule has 0 saturated carbocycles. The average Bonchev–Trinajstić information content (AvgIpc) is 3.12. The molecule has 0 aliphatic rings. The smallest absolute Gasteiger partial charge is 0.307 e. The van der Waals surface area contributed by atoms with E-state index in [0.29, 0.717) is 11.3 Å². The summed E-state index contributed by atoms with van der Waals surface area (Å²) in [4.78, 5) is 12.2. The maximum Gasteiger partial charge on any atom is 0.307 e. The summed E-state index contributed by atoms with van der Waals surface area (Å²) in [5.74, 6) is 1.22. The van der Waals surface area contributed by atoms with E-state index in [1.165, 1.54) is 0 Å². The van der Waals surface area contributed by atoms with E-state index < -0.39 is 5.91 Å². The van der Waals surface area contributed by atoms with Crippen molar-refractivity contribution in [1.82, 2.24) is 5.43 Å². The molecule has 1 amide bonds. The third kappa shape index (κ3) is 4.29. The minimum atomic E-state index is -0.416. The van der Waals surface area contributed by atoms with Crippen molar-refractivity contribution in [1.29, 1.82) is 0 Å². The number of carbonyl (C=O) groups excluding carboxylic acids is 1. The summed E-state index contributed by atoms with van der Waals surface area (Å²) >= 11 is 3.40. The molecule has 6 heteroatoms. The second-order valence-corrected chi connectivity index (χ2v) is 6.90. The molecule has 0 radical (unpaired) electrons. The van der Waals surface area contributed by atoms with Crippen molar-refractivity contribution in [3.8, 4) is 11.5 Å². The molecule has 3 aromatic carbocycles. The number of furan rings is 1. The van der Waals surface area contributed by atoms with Crippen molar-refractivity contribution in [2.24, 2.45) is 5.10 Å². The zero-order chi connectivity index (χ0) is 19.3. The summed E-state index contributed by atoms with van der Waals surface area (Å²) in [5.41, 5.74) is 3.91. The molecule has 1 N–H and O–H groups in total. The summed E-state index contributed by atoms with van der Waals surface area (Å²) < 4.78 is 12.3. The number of para-hydroxylation sites is 1. The highest BCUT2D eigenvalue weighted by atomic mass is 79.9. The molecule has 0 atom stereocenters. The highest BCUT2D eigenvalue weighted by Gasteiger charge is 2.11. The fraction of sp³-hybridized carbons (Fsp3) is 0. The summed E-state index contributed by atoms with van der Waals surface area (Å²) in [5, 5.41) is 4.85. The molecule has 0 bridgehead atoms. The summed E-state index contributed by atoms with van der Waals surface area (Å²) in [6.07, 6.45) is 1.55. The van der Waals surface area contributed by atoms with Crippen LogP contribution < -0.4 is 10.2 Å². The van der Waals surface area contributed by atoms with E-state index in [1.807, 2.05) is 66.7 Å². The summed E-state index contributed by atoms with van der Waals surface area (Å²) in [6.45, 7) is 0. The van der Waals surface area contributed by atoms with E-state index in [0.717, 1.165) is 21.2 Å². The number of nitrogens with one attached hydrogen (secondary N) is 1. The SMILES string of the molecule is O=C(N/N=C/c1cccc(Oc2ccccc2)c1)c1cc2cc(Br)ccc2o1. The standard InChI is InChI=1S/C22H15BrN2O3/c23-17-9-10-20-16(12-17)13-21(28-20)22(26)25-24-14-15-5-4-8-19(11-15)27-18-6-2-1-3-7-18/h1-14H,(H,25,26)/b24-14+. The molecular weight excluding hydrogens is 420 g/mol. The van der Waals surface area contributed by atoms with Crippen molar-refractivity contribution >= 4 is 39.0 Å². The van der Waals surface area contributed by atoms with Gasteiger partial charge >= 0.3 is 5.91 Å². The fourth-order valence-corrected chi connectivity index (χ4v) is 3.01. The molecule has 0 spiro atoms. The zero-order valence-corrected chi connectivity index (χ0v) is 16.2. The van der Waals surface area contributed by atoms with E-state index in [9.17, 15) is 4.79 Å². The third-order valence-corrected chi connectivity index (χ3v) is 4.41. The maximum absolute atomic E-state index is 12.2. The largest absolute Gasteiger partial charge is 0.457 e. The highest BCUT2D eigenvalue weighted by Crippen LogP contribution is 2.23. The van der Waals surface area contributed by atoms with Crippen LogP contribution in [0.1, 0.15) is 16.1 Å². The number of carbonyl (C=O) groups is 1. The average molecular weight is 435 g/mol. The van der Waals surface area contributed by atoms with Gasteiger partial charge in [-0.3, -0.25) is 4.79 Å². The van der Waals surface area contributed by atoms with Crippen LogP contribution in [0.4, 0.5) is 0 Å². The van der Waals surface area contributed by atoms with Crippen LogP contribution in [0.3, 0.4) is 0 Å². The van der Waals surface area contributed by atoms with Crippen molar-refractivity contribution in [2.75, 3.05) is 0 Å². The van der Waals surface area contributed by atoms with Crippen LogP contribution >= 0.6 is 15.9 Å². The molecule has 0 aliphatic heterocycles. The predicted octanol–water partition coefficient (Wildman–Crippen LogP) is 5.75. The van der Waals surface area contributed by atoms with Crippen molar-refractivity contribution in [3.63, 3.8) is 0 Å². The Morgan fingerprint density at radius 1 is 0.964 bits per heavy atom. The lowest BCUT2D eigenvalue weighted by Crippen LogP contribution is -2.16. The van der Waals surface area contributed by atoms with Gasteiger partial charge in [0, 0.05) is 9.86 Å². The Morgan fingerprint density at radius 2 is 1.79 bits per heavy atom. The Labute approximate surface area is 169 Å². The van der Waals surface area contributed by atoms with Crippen LogP contribution in [0.15, 0.2) is 92.9 Å². The van der Waals surface area contributed by atoms with Crippen LogP contribution in [0.2, 0.25) is 0 Å². The number of nitrogens with zero attached hydrogens (tertiary/aromatic N) is 1. The number of rotatable bonds is 5. The van der Waals surface area contributed by atoms with E-state index >= 15 is 0 Å². The van der Waals surface area contributed by atoms with E-state index in [4.69, 9.17) is 9.15 Å². The molecule has 1 aromatic heterocycles. The van der Waals surface area contributed by atoms with E-state index in [-0.39, 0.29) is 5.76 Å². The van der Waals surface area contributed by atoms with Crippen LogP contribution in [0.5, 0.6) is 11.5 Å². The number of hydrazone groups is 1. The van der Waals surface area contributed by atoms with Crippen LogP contribution in [-0.4, -0.2) is 12.1 Å². The minimum absolute atomic E-state index is 0.200. The van der Waals surface area contributed by atoms with Gasteiger partial charge in [0.25, 0.3) is 0 Å². The van der Waals surface area contributed by atoms with Gasteiger partial charge in [0.2, 0.25) is 0 Å². The summed E-state index contributed by atoms with van der Waals surface area (Å²) in [7, 11) is 0. The maximum atomic E-state index is 12.2. The topological polar surface area (TPSA) is 63.8 Å². The van der Waals surface area contributed by atoms with Gasteiger partial charge in [0.15, 0.2) is 5.76 Å². The number of hydrogen-bond acceptors (Lipinski definition) is 4. The first kappa shape index (κ1) is 18.0. The van der Waals surface area contributed by atoms with E-state index in [1.54, 1.807) is 18.3 Å². The Hall–Kier alpha value is -3.38. The first-order valence-corrected chi connectivity index (χ1v) is 9.32. The van der Waals surface area contributed by atoms with Gasteiger partial charge in [-0.1, -0.05) is 46.3 Å². The lowest BCUT2D eigenvalue weighted by Gasteiger charge is -2.05. The Bertz CT molecular complexity index is 1150. The van der Waals surface area contributed by atoms with Crippen LogP contribution in [0.25, 0.3) is 11.0 Å². The lowest BCUT2D eigenvalue weighted by molar-refractivity contribution is 0.0929. The second kappa shape index (κ2) is 8.10. The number of amides is 1. The molecule has 0 saturated heterocycles. The Kier molecular flexibility index (Phi) is 5.21. The molecule has 0 unspecified atom stereocenters. The zero-order valence-electron chi connectivity index (χ0n) is 14.6. The quantitative estimate of drug-likeness (QED) is 0.321. The first-order chi connectivity index (χ1) is 13.7. The molecule has 0 fully saturated rings. The molecule has 28 heavy (non-hydrogen) atoms. The van der Waals surface area contributed by atoms with Gasteiger partial charge in [-0.05, 0) is 54.1 Å². The number of fused-ring (bicyclic) bond motifs is 1. The number of halogens is 1. The Morgan fingerprint density at radius 3 is 2.64 bits per heavy atom. The first-order valence-electron chi connectivity index (χ1n) is 8.53. The van der Waals surface area contributed by atoms with Gasteiger partial charge in [-0.15, -0.1) is 0 Å². The molecule has 4 aromatic rings. The molecule has 5 nitrogen and oxygen atoms in total. The minimum Gasteiger partial charge on any atom is -0.457 e. The van der Waals surface area contributed by atoms with Crippen LogP contribution in [-0.2, 0) is 0 Å². The second-order valence-electron chi connectivity index (χ2n) is 5.98. The van der Waals surface area contributed by atoms with Gasteiger partial charge < -0.3 is 9.15 Å². The van der Waals surface area contributed by atoms with Gasteiger partial charge in [0.1, 0.15) is 17.1 Å². The molecule has 0 aliphatic carbocycles. The molecule has 138 valence electrons. The monoisotopic (exact) mass is 434 g/mol. The highest BCUT2D eigenvalue weighted by molar-refractivity contribution is 9.10. The third-order valence-electron chi connectivity index (χ3n) is 3.92. The lowest BCUT2D eigenvalue weighted by atomic mass is 10.2. The van der Waals surface area contributed by atoms with Crippen LogP contribution in [0, 0.1) is 0 Å². The molecule has 1 heterocycles. The van der Waals surface area contributed by atoms with Crippen molar-refractivity contribution < 1.29 is 13.9 Å². The normalized spacial score (nSPS) is 11.0. The van der Waals surface area contributed by atoms with Crippen molar-refractivity contribution in [2.45, 2.75) is 0 Å². The predicted molar refractivity (Wildman–Crippen MR) is 112 cm³/mol. The van der Waals surface area contributed by atoms with Gasteiger partial charge in [-0.2, -0.15) is 5.10 Å². The van der Waals surface area contributed by atoms with E-state index in [2.05, 4.69) is 26.5 Å². The molecular formula is C22H15BrN2O3. The summed E-state index contributed by atoms with van der Waals surface area (Å²) in [6, 6.07) is 24.2. The fourth-order valence-electron chi connectivity index (χ4n) is 2.63.